The summed E-state index contributed by atoms with van der Waals surface area (Å²) in [7, 11) is 0. The molecule has 98 valence electrons. The van der Waals surface area contributed by atoms with Gasteiger partial charge in [0.2, 0.25) is 0 Å². The van der Waals surface area contributed by atoms with Crippen LogP contribution in [0.15, 0.2) is 12.1 Å². The van der Waals surface area contributed by atoms with Gasteiger partial charge in [-0.1, -0.05) is 6.92 Å². The molecular formula is C12H17N3O3. The van der Waals surface area contributed by atoms with Gasteiger partial charge in [0.15, 0.2) is 11.5 Å². The number of nitrogens with one attached hydrogen (secondary N) is 2. The Balaban J connectivity index is 2.10. The summed E-state index contributed by atoms with van der Waals surface area (Å²) >= 11 is 0. The number of ether oxygens (including phenoxy) is 2. The second-order valence-electron chi connectivity index (χ2n) is 3.96. The minimum atomic E-state index is -0.278. The number of hydrogen-bond acceptors (Lipinski definition) is 4. The van der Waals surface area contributed by atoms with Crippen molar-refractivity contribution < 1.29 is 14.3 Å². The van der Waals surface area contributed by atoms with Crippen molar-refractivity contribution in [1.29, 1.82) is 0 Å². The summed E-state index contributed by atoms with van der Waals surface area (Å²) in [6.07, 6.45) is 0.879. The Kier molecular flexibility index (Phi) is 3.76. The van der Waals surface area contributed by atoms with Crippen LogP contribution in [0.25, 0.3) is 0 Å². The number of carbonyl (C=O) groups is 1. The van der Waals surface area contributed by atoms with Crippen LogP contribution in [0.2, 0.25) is 0 Å². The fourth-order valence-electron chi connectivity index (χ4n) is 1.62. The zero-order chi connectivity index (χ0) is 13.0. The maximum atomic E-state index is 11.5. The number of amides is 2. The molecule has 0 unspecified atom stereocenters. The number of anilines is 2. The quantitative estimate of drug-likeness (QED) is 0.712. The summed E-state index contributed by atoms with van der Waals surface area (Å²) in [5, 5.41) is 5.39. The number of fused-ring (bicyclic) bond motifs is 1. The van der Waals surface area contributed by atoms with Gasteiger partial charge in [-0.2, -0.15) is 0 Å². The molecule has 1 heterocycles. The third kappa shape index (κ3) is 2.77. The Bertz CT molecular complexity index is 448. The van der Waals surface area contributed by atoms with Crippen molar-refractivity contribution >= 4 is 17.4 Å². The van der Waals surface area contributed by atoms with Crippen molar-refractivity contribution in [3.8, 4) is 11.5 Å². The third-order valence-electron chi connectivity index (χ3n) is 2.50. The lowest BCUT2D eigenvalue weighted by atomic mass is 10.2. The Hall–Kier alpha value is -2.11. The molecule has 0 bridgehead atoms. The zero-order valence-electron chi connectivity index (χ0n) is 10.3. The molecular weight excluding hydrogens is 234 g/mol. The molecule has 0 radical (unpaired) electrons. The molecule has 0 fully saturated rings. The molecule has 2 amide bonds. The molecule has 1 aliphatic rings. The number of carbonyl (C=O) groups excluding carboxylic acids is 1. The van der Waals surface area contributed by atoms with E-state index in [0.29, 0.717) is 42.6 Å². The predicted molar refractivity (Wildman–Crippen MR) is 69.2 cm³/mol. The van der Waals surface area contributed by atoms with E-state index in [2.05, 4.69) is 10.6 Å². The lowest BCUT2D eigenvalue weighted by Gasteiger charge is -2.20. The highest BCUT2D eigenvalue weighted by atomic mass is 16.6. The van der Waals surface area contributed by atoms with Gasteiger partial charge in [0.1, 0.15) is 13.2 Å². The van der Waals surface area contributed by atoms with E-state index in [1.165, 1.54) is 0 Å². The molecule has 6 nitrogen and oxygen atoms in total. The molecule has 0 atom stereocenters. The summed E-state index contributed by atoms with van der Waals surface area (Å²) in [5.41, 5.74) is 6.81. The average molecular weight is 251 g/mol. The van der Waals surface area contributed by atoms with Gasteiger partial charge < -0.3 is 25.8 Å². The summed E-state index contributed by atoms with van der Waals surface area (Å²) in [6.45, 7) is 3.61. The Labute approximate surface area is 105 Å². The molecule has 1 aromatic rings. The first kappa shape index (κ1) is 12.3. The van der Waals surface area contributed by atoms with E-state index in [0.717, 1.165) is 6.42 Å². The molecule has 1 aliphatic heterocycles. The Morgan fingerprint density at radius 2 is 2.00 bits per heavy atom. The van der Waals surface area contributed by atoms with E-state index in [1.807, 2.05) is 6.92 Å². The molecule has 4 N–H and O–H groups in total. The Morgan fingerprint density at radius 3 is 2.67 bits per heavy atom. The fourth-order valence-corrected chi connectivity index (χ4v) is 1.62. The molecule has 1 aromatic carbocycles. The van der Waals surface area contributed by atoms with Crippen LogP contribution in [-0.2, 0) is 0 Å². The first-order valence-electron chi connectivity index (χ1n) is 5.94. The van der Waals surface area contributed by atoms with E-state index in [9.17, 15) is 4.79 Å². The van der Waals surface area contributed by atoms with E-state index in [4.69, 9.17) is 15.2 Å². The summed E-state index contributed by atoms with van der Waals surface area (Å²) in [4.78, 5) is 11.5. The van der Waals surface area contributed by atoms with Crippen molar-refractivity contribution in [3.63, 3.8) is 0 Å². The van der Waals surface area contributed by atoms with E-state index in [1.54, 1.807) is 12.1 Å². The van der Waals surface area contributed by atoms with Crippen LogP contribution in [-0.4, -0.2) is 25.8 Å². The smallest absolute Gasteiger partial charge is 0.319 e. The number of hydrogen-bond donors (Lipinski definition) is 3. The molecule has 2 rings (SSSR count). The normalized spacial score (nSPS) is 12.9. The van der Waals surface area contributed by atoms with Crippen molar-refractivity contribution in [2.75, 3.05) is 30.8 Å². The second-order valence-corrected chi connectivity index (χ2v) is 3.96. The number of rotatable bonds is 3. The summed E-state index contributed by atoms with van der Waals surface area (Å²) in [5.74, 6) is 1.21. The van der Waals surface area contributed by atoms with Gasteiger partial charge in [0.05, 0.1) is 11.4 Å². The van der Waals surface area contributed by atoms with Gasteiger partial charge in [0.25, 0.3) is 0 Å². The molecule has 0 saturated carbocycles. The van der Waals surface area contributed by atoms with Crippen molar-refractivity contribution in [2.45, 2.75) is 13.3 Å². The van der Waals surface area contributed by atoms with Crippen LogP contribution >= 0.6 is 0 Å². The number of benzene rings is 1. The first-order chi connectivity index (χ1) is 8.70. The number of nitrogen functional groups attached to an aromatic ring is 1. The monoisotopic (exact) mass is 251 g/mol. The third-order valence-corrected chi connectivity index (χ3v) is 2.50. The standard InChI is InChI=1S/C12H17N3O3/c1-2-3-14-12(16)15-9-7-11-10(6-8(9)13)17-4-5-18-11/h6-7H,2-5,13H2,1H3,(H2,14,15,16). The fraction of sp³-hybridized carbons (Fsp3) is 0.417. The molecule has 0 saturated heterocycles. The van der Waals surface area contributed by atoms with Crippen LogP contribution in [0, 0.1) is 0 Å². The Morgan fingerprint density at radius 1 is 1.33 bits per heavy atom. The molecule has 0 aliphatic carbocycles. The van der Waals surface area contributed by atoms with E-state index in [-0.39, 0.29) is 6.03 Å². The number of urea groups is 1. The second kappa shape index (κ2) is 5.48. The van der Waals surface area contributed by atoms with Gasteiger partial charge in [-0.3, -0.25) is 0 Å². The van der Waals surface area contributed by atoms with Gasteiger partial charge >= 0.3 is 6.03 Å². The molecule has 0 spiro atoms. The maximum Gasteiger partial charge on any atom is 0.319 e. The largest absolute Gasteiger partial charge is 0.486 e. The maximum absolute atomic E-state index is 11.5. The lowest BCUT2D eigenvalue weighted by Crippen LogP contribution is -2.29. The van der Waals surface area contributed by atoms with Gasteiger partial charge in [-0.05, 0) is 6.42 Å². The van der Waals surface area contributed by atoms with Crippen molar-refractivity contribution in [3.05, 3.63) is 12.1 Å². The van der Waals surface area contributed by atoms with Crippen LogP contribution in [0.4, 0.5) is 16.2 Å². The van der Waals surface area contributed by atoms with Gasteiger partial charge in [0, 0.05) is 18.7 Å². The predicted octanol–water partition coefficient (Wildman–Crippen LogP) is 1.57. The lowest BCUT2D eigenvalue weighted by molar-refractivity contribution is 0.172. The summed E-state index contributed by atoms with van der Waals surface area (Å²) in [6, 6.07) is 3.06. The highest BCUT2D eigenvalue weighted by molar-refractivity contribution is 5.93. The van der Waals surface area contributed by atoms with Crippen molar-refractivity contribution in [1.82, 2.24) is 5.32 Å². The van der Waals surface area contributed by atoms with Crippen molar-refractivity contribution in [2.24, 2.45) is 0 Å². The summed E-state index contributed by atoms with van der Waals surface area (Å²) < 4.78 is 10.8. The van der Waals surface area contributed by atoms with Crippen LogP contribution < -0.4 is 25.8 Å². The van der Waals surface area contributed by atoms with E-state index < -0.39 is 0 Å². The topological polar surface area (TPSA) is 85.6 Å². The molecule has 18 heavy (non-hydrogen) atoms. The van der Waals surface area contributed by atoms with Crippen LogP contribution in [0.5, 0.6) is 11.5 Å². The average Bonchev–Trinajstić information content (AvgIpc) is 2.37. The highest BCUT2D eigenvalue weighted by Crippen LogP contribution is 2.36. The number of nitrogens with two attached hydrogens (primary N) is 1. The first-order valence-corrected chi connectivity index (χ1v) is 5.94. The minimum absolute atomic E-state index is 0.278. The van der Waals surface area contributed by atoms with Crippen LogP contribution in [0.1, 0.15) is 13.3 Å². The van der Waals surface area contributed by atoms with Gasteiger partial charge in [-0.15, -0.1) is 0 Å². The van der Waals surface area contributed by atoms with E-state index >= 15 is 0 Å². The zero-order valence-corrected chi connectivity index (χ0v) is 10.3. The van der Waals surface area contributed by atoms with Crippen LogP contribution in [0.3, 0.4) is 0 Å². The van der Waals surface area contributed by atoms with Gasteiger partial charge in [-0.25, -0.2) is 4.79 Å². The molecule has 6 heteroatoms. The highest BCUT2D eigenvalue weighted by Gasteiger charge is 2.15. The molecule has 0 aromatic heterocycles. The minimum Gasteiger partial charge on any atom is -0.486 e. The SMILES string of the molecule is CCCNC(=O)Nc1cc2c(cc1N)OCCO2.